The second-order valence-electron chi connectivity index (χ2n) is 3.65. The fourth-order valence-electron chi connectivity index (χ4n) is 1.52. The molecule has 1 aromatic carbocycles. The monoisotopic (exact) mass is 296 g/mol. The fraction of sp³-hybridized carbons (Fsp3) is 0.167. The molecule has 0 aliphatic carbocycles. The summed E-state index contributed by atoms with van der Waals surface area (Å²) in [6.07, 6.45) is 3.27. The molecule has 0 aliphatic rings. The molecule has 17 heavy (non-hydrogen) atoms. The van der Waals surface area contributed by atoms with Gasteiger partial charge in [0, 0.05) is 11.8 Å². The highest BCUT2D eigenvalue weighted by atomic mass is 79.9. The molecule has 0 N–H and O–H groups in total. The molecule has 88 valence electrons. The summed E-state index contributed by atoms with van der Waals surface area (Å²) in [5.41, 5.74) is 1.56. The zero-order valence-electron chi connectivity index (χ0n) is 9.15. The lowest BCUT2D eigenvalue weighted by Gasteiger charge is -2.05. The predicted octanol–water partition coefficient (Wildman–Crippen LogP) is 2.90. The van der Waals surface area contributed by atoms with Crippen LogP contribution >= 0.6 is 15.9 Å². The second kappa shape index (κ2) is 4.79. The van der Waals surface area contributed by atoms with Gasteiger partial charge in [-0.2, -0.15) is 0 Å². The molecule has 0 spiro atoms. The predicted molar refractivity (Wildman–Crippen MR) is 66.4 cm³/mol. The van der Waals surface area contributed by atoms with Crippen LogP contribution in [0, 0.1) is 12.7 Å². The van der Waals surface area contributed by atoms with Crippen LogP contribution in [0.25, 0.3) is 5.69 Å². The van der Waals surface area contributed by atoms with E-state index in [9.17, 15) is 9.18 Å². The van der Waals surface area contributed by atoms with Gasteiger partial charge in [0.1, 0.15) is 5.82 Å². The topological polar surface area (TPSA) is 34.9 Å². The fourth-order valence-corrected chi connectivity index (χ4v) is 1.84. The van der Waals surface area contributed by atoms with Gasteiger partial charge in [0.15, 0.2) is 5.78 Å². The zero-order chi connectivity index (χ0) is 12.4. The number of aromatic nitrogens is 2. The summed E-state index contributed by atoms with van der Waals surface area (Å²) in [6, 6.07) is 4.43. The number of carbonyl (C=O) groups is 1. The second-order valence-corrected chi connectivity index (χ2v) is 4.21. The van der Waals surface area contributed by atoms with Crippen LogP contribution in [0.2, 0.25) is 0 Å². The molecule has 2 rings (SSSR count). The maximum atomic E-state index is 13.8. The van der Waals surface area contributed by atoms with Crippen molar-refractivity contribution >= 4 is 21.7 Å². The smallest absolute Gasteiger partial charge is 0.173 e. The van der Waals surface area contributed by atoms with Crippen LogP contribution in [0.15, 0.2) is 30.7 Å². The summed E-state index contributed by atoms with van der Waals surface area (Å²) < 4.78 is 15.4. The lowest BCUT2D eigenvalue weighted by Crippen LogP contribution is -2.03. The molecule has 0 fully saturated rings. The molecule has 1 aromatic heterocycles. The first-order valence-electron chi connectivity index (χ1n) is 5.01. The van der Waals surface area contributed by atoms with Crippen LogP contribution in [0.5, 0.6) is 0 Å². The molecular formula is C12H10BrFN2O. The van der Waals surface area contributed by atoms with Crippen LogP contribution in [0.1, 0.15) is 16.1 Å². The van der Waals surface area contributed by atoms with Crippen LogP contribution in [0.3, 0.4) is 0 Å². The van der Waals surface area contributed by atoms with Crippen molar-refractivity contribution in [1.82, 2.24) is 9.55 Å². The Morgan fingerprint density at radius 3 is 2.82 bits per heavy atom. The number of rotatable bonds is 3. The molecule has 0 amide bonds. The van der Waals surface area contributed by atoms with Crippen molar-refractivity contribution in [3.8, 4) is 5.69 Å². The Bertz CT molecular complexity index is 565. The Morgan fingerprint density at radius 1 is 1.53 bits per heavy atom. The van der Waals surface area contributed by atoms with Gasteiger partial charge in [0.05, 0.1) is 23.0 Å². The number of benzene rings is 1. The molecule has 5 heteroatoms. The van der Waals surface area contributed by atoms with Gasteiger partial charge in [-0.25, -0.2) is 9.37 Å². The van der Waals surface area contributed by atoms with Gasteiger partial charge in [-0.05, 0) is 25.1 Å². The number of hydrogen-bond acceptors (Lipinski definition) is 2. The third-order valence-corrected chi connectivity index (χ3v) is 2.89. The first kappa shape index (κ1) is 12.0. The van der Waals surface area contributed by atoms with E-state index in [0.717, 1.165) is 5.69 Å². The molecule has 0 radical (unpaired) electrons. The first-order chi connectivity index (χ1) is 8.11. The van der Waals surface area contributed by atoms with Crippen LogP contribution in [-0.2, 0) is 0 Å². The van der Waals surface area contributed by atoms with E-state index in [1.165, 1.54) is 6.07 Å². The highest BCUT2D eigenvalue weighted by Gasteiger charge is 2.10. The van der Waals surface area contributed by atoms with Gasteiger partial charge in [-0.1, -0.05) is 15.9 Å². The number of imidazole rings is 1. The normalized spacial score (nSPS) is 10.5. The Kier molecular flexibility index (Phi) is 3.38. The van der Waals surface area contributed by atoms with Gasteiger partial charge in [0.25, 0.3) is 0 Å². The van der Waals surface area contributed by atoms with Gasteiger partial charge in [0.2, 0.25) is 0 Å². The van der Waals surface area contributed by atoms with Crippen molar-refractivity contribution in [1.29, 1.82) is 0 Å². The van der Waals surface area contributed by atoms with Crippen molar-refractivity contribution < 1.29 is 9.18 Å². The quantitative estimate of drug-likeness (QED) is 0.645. The molecule has 3 nitrogen and oxygen atoms in total. The van der Waals surface area contributed by atoms with E-state index in [-0.39, 0.29) is 11.1 Å². The number of aryl methyl sites for hydroxylation is 1. The number of nitrogens with zero attached hydrogens (tertiary/aromatic N) is 2. The van der Waals surface area contributed by atoms with Gasteiger partial charge >= 0.3 is 0 Å². The zero-order valence-corrected chi connectivity index (χ0v) is 10.7. The third kappa shape index (κ3) is 2.44. The summed E-state index contributed by atoms with van der Waals surface area (Å²) in [6.45, 7) is 1.83. The van der Waals surface area contributed by atoms with E-state index in [1.807, 2.05) is 6.92 Å². The summed E-state index contributed by atoms with van der Waals surface area (Å²) in [4.78, 5) is 15.4. The molecule has 0 unspecified atom stereocenters. The lowest BCUT2D eigenvalue weighted by molar-refractivity contribution is 0.102. The first-order valence-corrected chi connectivity index (χ1v) is 6.13. The molecule has 2 aromatic rings. The number of hydrogen-bond donors (Lipinski definition) is 0. The van der Waals surface area contributed by atoms with Crippen molar-refractivity contribution in [2.24, 2.45) is 0 Å². The third-order valence-electron chi connectivity index (χ3n) is 2.38. The summed E-state index contributed by atoms with van der Waals surface area (Å²) >= 11 is 3.06. The van der Waals surface area contributed by atoms with Crippen LogP contribution in [-0.4, -0.2) is 20.7 Å². The van der Waals surface area contributed by atoms with Crippen molar-refractivity contribution in [3.05, 3.63) is 47.8 Å². The highest BCUT2D eigenvalue weighted by molar-refractivity contribution is 9.09. The van der Waals surface area contributed by atoms with E-state index in [1.54, 1.807) is 29.2 Å². The standard InChI is InChI=1S/C12H10BrFN2O/c1-8-6-16(7-15-8)11-3-2-9(4-10(11)14)12(17)5-13/h2-4,6-7H,5H2,1H3. The number of Topliss-reactive ketones (excluding diaryl/α,β-unsaturated/α-hetero) is 1. The molecule has 0 aliphatic heterocycles. The van der Waals surface area contributed by atoms with Crippen molar-refractivity contribution in [2.45, 2.75) is 6.92 Å². The molecule has 0 atom stereocenters. The van der Waals surface area contributed by atoms with Gasteiger partial charge in [-0.3, -0.25) is 4.79 Å². The maximum absolute atomic E-state index is 13.8. The number of halogens is 2. The van der Waals surface area contributed by atoms with Gasteiger partial charge in [-0.15, -0.1) is 0 Å². The summed E-state index contributed by atoms with van der Waals surface area (Å²) in [5, 5.41) is 0.190. The average Bonchev–Trinajstić information content (AvgIpc) is 2.74. The minimum absolute atomic E-state index is 0.141. The highest BCUT2D eigenvalue weighted by Crippen LogP contribution is 2.16. The van der Waals surface area contributed by atoms with E-state index < -0.39 is 5.82 Å². The average molecular weight is 297 g/mol. The molecule has 1 heterocycles. The van der Waals surface area contributed by atoms with Gasteiger partial charge < -0.3 is 4.57 Å². The van der Waals surface area contributed by atoms with E-state index in [2.05, 4.69) is 20.9 Å². The molecule has 0 saturated heterocycles. The Hall–Kier alpha value is -1.49. The Morgan fingerprint density at radius 2 is 2.29 bits per heavy atom. The minimum atomic E-state index is -0.436. The van der Waals surface area contributed by atoms with Crippen molar-refractivity contribution in [2.75, 3.05) is 5.33 Å². The van der Waals surface area contributed by atoms with Crippen molar-refractivity contribution in [3.63, 3.8) is 0 Å². The van der Waals surface area contributed by atoms with E-state index in [4.69, 9.17) is 0 Å². The Balaban J connectivity index is 2.41. The summed E-state index contributed by atoms with van der Waals surface area (Å²) in [5.74, 6) is -0.577. The Labute approximate surface area is 106 Å². The molecular weight excluding hydrogens is 287 g/mol. The van der Waals surface area contributed by atoms with E-state index in [0.29, 0.717) is 11.3 Å². The summed E-state index contributed by atoms with van der Waals surface area (Å²) in [7, 11) is 0. The minimum Gasteiger partial charge on any atom is -0.303 e. The number of ketones is 1. The number of alkyl halides is 1. The maximum Gasteiger partial charge on any atom is 0.173 e. The molecule has 0 saturated carbocycles. The lowest BCUT2D eigenvalue weighted by atomic mass is 10.1. The largest absolute Gasteiger partial charge is 0.303 e. The van der Waals surface area contributed by atoms with E-state index >= 15 is 0 Å². The SMILES string of the molecule is Cc1cn(-c2ccc(C(=O)CBr)cc2F)cn1. The molecule has 0 bridgehead atoms. The van der Waals surface area contributed by atoms with Crippen LogP contribution in [0.4, 0.5) is 4.39 Å². The number of carbonyl (C=O) groups excluding carboxylic acids is 1. The van der Waals surface area contributed by atoms with Crippen LogP contribution < -0.4 is 0 Å².